The molecule has 0 amide bonds. The Labute approximate surface area is 196 Å². The molecule has 2 aliphatic rings. The van der Waals surface area contributed by atoms with Crippen LogP contribution in [0.15, 0.2) is 120 Å². The third-order valence-corrected chi connectivity index (χ3v) is 6.93. The first-order valence-electron chi connectivity index (χ1n) is 11.1. The Kier molecular flexibility index (Phi) is 4.33. The number of ketones is 2. The van der Waals surface area contributed by atoms with Crippen molar-refractivity contribution in [2.45, 2.75) is 11.2 Å². The fraction of sp³-hybridized carbons (Fsp3) is 0.0667. The van der Waals surface area contributed by atoms with E-state index < -0.39 is 22.8 Å². The number of aliphatic hydroxyl groups is 2. The van der Waals surface area contributed by atoms with Crippen LogP contribution in [0.1, 0.15) is 43.0 Å². The summed E-state index contributed by atoms with van der Waals surface area (Å²) in [5.41, 5.74) is -1.67. The first-order chi connectivity index (χ1) is 16.5. The molecule has 2 aliphatic carbocycles. The first kappa shape index (κ1) is 20.5. The number of Topliss-reactive ketones (excluding diaryl/α,β-unsaturated/α-hetero) is 2. The van der Waals surface area contributed by atoms with Gasteiger partial charge in [-0.2, -0.15) is 0 Å². The predicted octanol–water partition coefficient (Wildman–Crippen LogP) is 4.55. The predicted molar refractivity (Wildman–Crippen MR) is 127 cm³/mol. The molecule has 0 fully saturated rings. The van der Waals surface area contributed by atoms with Crippen LogP contribution in [0.3, 0.4) is 0 Å². The van der Waals surface area contributed by atoms with E-state index in [0.29, 0.717) is 33.4 Å². The molecule has 4 heteroatoms. The Hall–Kier alpha value is -4.12. The molecule has 4 aromatic rings. The Morgan fingerprint density at radius 3 is 1.15 bits per heavy atom. The molecule has 2 atom stereocenters. The fourth-order valence-corrected chi connectivity index (χ4v) is 5.41. The molecule has 0 saturated heterocycles. The lowest BCUT2D eigenvalue weighted by Gasteiger charge is -2.32. The Morgan fingerprint density at radius 1 is 0.441 bits per heavy atom. The van der Waals surface area contributed by atoms with Gasteiger partial charge in [0.05, 0.1) is 11.1 Å². The van der Waals surface area contributed by atoms with Gasteiger partial charge in [-0.05, 0) is 11.1 Å². The van der Waals surface area contributed by atoms with E-state index >= 15 is 0 Å². The number of carbonyl (C=O) groups is 2. The summed E-state index contributed by atoms with van der Waals surface area (Å²) in [4.78, 5) is 27.8. The van der Waals surface area contributed by atoms with Crippen LogP contribution in [0.25, 0.3) is 0 Å². The third kappa shape index (κ3) is 2.49. The lowest BCUT2D eigenvalue weighted by atomic mass is 9.76. The van der Waals surface area contributed by atoms with Crippen LogP contribution in [0.4, 0.5) is 0 Å². The molecule has 6 rings (SSSR count). The summed E-state index contributed by atoms with van der Waals surface area (Å²) < 4.78 is 0. The normalized spacial score (nSPS) is 25.4. The topological polar surface area (TPSA) is 74.6 Å². The summed E-state index contributed by atoms with van der Waals surface area (Å²) in [5.74, 6) is -0.931. The number of carbonyl (C=O) groups excluding carboxylic acids is 2. The summed E-state index contributed by atoms with van der Waals surface area (Å²) in [6, 6.07) is 31.3. The molecule has 2 N–H and O–H groups in total. The second-order valence-corrected chi connectivity index (χ2v) is 8.65. The van der Waals surface area contributed by atoms with E-state index in [4.69, 9.17) is 0 Å². The van der Waals surface area contributed by atoms with Gasteiger partial charge >= 0.3 is 0 Å². The molecule has 0 heterocycles. The largest absolute Gasteiger partial charge is 0.376 e. The van der Waals surface area contributed by atoms with E-state index in [1.165, 1.54) is 0 Å². The Bertz CT molecular complexity index is 1390. The van der Waals surface area contributed by atoms with E-state index in [1.54, 1.807) is 97.1 Å². The van der Waals surface area contributed by atoms with Crippen molar-refractivity contribution < 1.29 is 19.8 Å². The minimum atomic E-state index is -1.90. The van der Waals surface area contributed by atoms with Crippen LogP contribution in [0.5, 0.6) is 0 Å². The average molecular weight is 444 g/mol. The summed E-state index contributed by atoms with van der Waals surface area (Å²) in [5, 5.41) is 24.7. The zero-order valence-corrected chi connectivity index (χ0v) is 18.1. The van der Waals surface area contributed by atoms with Gasteiger partial charge in [-0.15, -0.1) is 0 Å². The van der Waals surface area contributed by atoms with Gasteiger partial charge in [0, 0.05) is 22.3 Å². The summed E-state index contributed by atoms with van der Waals surface area (Å²) >= 11 is 0. The average Bonchev–Trinajstić information content (AvgIpc) is 3.26. The highest BCUT2D eigenvalue weighted by Crippen LogP contribution is 2.54. The fourth-order valence-electron chi connectivity index (χ4n) is 5.41. The maximum Gasteiger partial charge on any atom is 0.193 e. The van der Waals surface area contributed by atoms with E-state index in [0.717, 1.165) is 0 Å². The Morgan fingerprint density at radius 2 is 0.765 bits per heavy atom. The molecule has 0 unspecified atom stereocenters. The van der Waals surface area contributed by atoms with Gasteiger partial charge in [0.1, 0.15) is 11.2 Å². The van der Waals surface area contributed by atoms with E-state index in [1.807, 2.05) is 12.1 Å². The number of fused-ring (bicyclic) bond motifs is 2. The highest BCUT2D eigenvalue weighted by atomic mass is 16.3. The van der Waals surface area contributed by atoms with Gasteiger partial charge in [-0.1, -0.05) is 109 Å². The van der Waals surface area contributed by atoms with Gasteiger partial charge < -0.3 is 10.2 Å². The number of rotatable bonds is 2. The quantitative estimate of drug-likeness (QED) is 0.445. The van der Waals surface area contributed by atoms with Crippen molar-refractivity contribution in [3.8, 4) is 0 Å². The summed E-state index contributed by atoms with van der Waals surface area (Å²) in [6.07, 6.45) is 0. The molecule has 164 valence electrons. The lowest BCUT2D eigenvalue weighted by molar-refractivity contribution is 0.0803. The highest BCUT2D eigenvalue weighted by molar-refractivity contribution is 6.25. The number of hydrogen-bond acceptors (Lipinski definition) is 4. The van der Waals surface area contributed by atoms with Gasteiger partial charge in [-0.25, -0.2) is 0 Å². The molecule has 0 saturated carbocycles. The van der Waals surface area contributed by atoms with Gasteiger partial charge in [-0.3, -0.25) is 9.59 Å². The van der Waals surface area contributed by atoms with Crippen molar-refractivity contribution in [3.63, 3.8) is 0 Å². The smallest absolute Gasteiger partial charge is 0.193 e. The van der Waals surface area contributed by atoms with E-state index in [-0.39, 0.29) is 11.1 Å². The Balaban J connectivity index is 1.77. The van der Waals surface area contributed by atoms with Crippen LogP contribution in [0.2, 0.25) is 0 Å². The maximum absolute atomic E-state index is 13.9. The molecule has 4 aromatic carbocycles. The second-order valence-electron chi connectivity index (χ2n) is 8.65. The van der Waals surface area contributed by atoms with Crippen molar-refractivity contribution in [2.24, 2.45) is 0 Å². The molecule has 34 heavy (non-hydrogen) atoms. The number of hydrogen-bond donors (Lipinski definition) is 2. The minimum absolute atomic E-state index is 0.104. The molecule has 4 nitrogen and oxygen atoms in total. The van der Waals surface area contributed by atoms with Crippen molar-refractivity contribution >= 4 is 11.6 Å². The number of benzene rings is 4. The molecular formula is C30H20O4. The molecular weight excluding hydrogens is 424 g/mol. The van der Waals surface area contributed by atoms with Crippen LogP contribution in [-0.4, -0.2) is 21.8 Å². The molecule has 0 aromatic heterocycles. The summed E-state index contributed by atoms with van der Waals surface area (Å²) in [7, 11) is 0. The van der Waals surface area contributed by atoms with Crippen molar-refractivity contribution in [1.82, 2.24) is 0 Å². The zero-order chi connectivity index (χ0) is 23.5. The highest BCUT2D eigenvalue weighted by Gasteiger charge is 2.57. The van der Waals surface area contributed by atoms with Crippen molar-refractivity contribution in [1.29, 1.82) is 0 Å². The van der Waals surface area contributed by atoms with E-state index in [2.05, 4.69) is 0 Å². The SMILES string of the molecule is O=C1/C(=C2\C(=O)c3ccccc3[C@@]2(O)c2ccccc2)[C@@](O)(c2ccccc2)c2ccccc21. The molecule has 0 spiro atoms. The zero-order valence-electron chi connectivity index (χ0n) is 18.1. The van der Waals surface area contributed by atoms with Crippen LogP contribution >= 0.6 is 0 Å². The third-order valence-electron chi connectivity index (χ3n) is 6.93. The molecule has 0 bridgehead atoms. The molecule has 0 aliphatic heterocycles. The maximum atomic E-state index is 13.9. The standard InChI is InChI=1S/C30H20O4/c31-27-21-15-7-9-17-23(21)29(33,19-11-3-1-4-12-19)25(27)26-28(32)22-16-8-10-18-24(22)30(26,34)20-13-5-2-6-14-20/h1-18,33-34H/b26-25-/t29-,30+. The molecule has 0 radical (unpaired) electrons. The van der Waals surface area contributed by atoms with E-state index in [9.17, 15) is 19.8 Å². The minimum Gasteiger partial charge on any atom is -0.376 e. The summed E-state index contributed by atoms with van der Waals surface area (Å²) in [6.45, 7) is 0. The van der Waals surface area contributed by atoms with Crippen LogP contribution in [-0.2, 0) is 11.2 Å². The van der Waals surface area contributed by atoms with Crippen LogP contribution in [0, 0.1) is 0 Å². The lowest BCUT2D eigenvalue weighted by Crippen LogP contribution is -2.36. The van der Waals surface area contributed by atoms with Crippen molar-refractivity contribution in [3.05, 3.63) is 154 Å². The van der Waals surface area contributed by atoms with Crippen molar-refractivity contribution in [2.75, 3.05) is 0 Å². The monoisotopic (exact) mass is 444 g/mol. The van der Waals surface area contributed by atoms with Crippen LogP contribution < -0.4 is 0 Å². The first-order valence-corrected chi connectivity index (χ1v) is 11.1. The van der Waals surface area contributed by atoms with Gasteiger partial charge in [0.15, 0.2) is 11.6 Å². The van der Waals surface area contributed by atoms with Gasteiger partial charge in [0.25, 0.3) is 0 Å². The van der Waals surface area contributed by atoms with Gasteiger partial charge in [0.2, 0.25) is 0 Å². The second kappa shape index (κ2) is 7.19.